The van der Waals surface area contributed by atoms with E-state index in [-0.39, 0.29) is 6.42 Å². The normalized spacial score (nSPS) is 10.0. The molecule has 72 valence electrons. The Morgan fingerprint density at radius 2 is 2.31 bits per heavy atom. The zero-order valence-corrected chi connectivity index (χ0v) is 7.61. The Kier molecular flexibility index (Phi) is 2.84. The SMILES string of the molecule is CNc1nnc(CCC(=O)O)n1C. The van der Waals surface area contributed by atoms with Crippen LogP contribution in [0.25, 0.3) is 0 Å². The van der Waals surface area contributed by atoms with Crippen molar-refractivity contribution in [3.8, 4) is 0 Å². The molecule has 1 heterocycles. The van der Waals surface area contributed by atoms with Crippen LogP contribution in [-0.2, 0) is 18.3 Å². The molecule has 0 saturated heterocycles. The molecule has 2 N–H and O–H groups in total. The van der Waals surface area contributed by atoms with Gasteiger partial charge in [0.05, 0.1) is 6.42 Å². The number of carboxylic acids is 1. The summed E-state index contributed by atoms with van der Waals surface area (Å²) in [4.78, 5) is 10.3. The molecular formula is C7H12N4O2. The Morgan fingerprint density at radius 1 is 1.62 bits per heavy atom. The predicted octanol–water partition coefficient (Wildman–Crippen LogP) is -0.126. The summed E-state index contributed by atoms with van der Waals surface area (Å²) in [6.07, 6.45) is 0.482. The van der Waals surface area contributed by atoms with Crippen molar-refractivity contribution in [2.24, 2.45) is 7.05 Å². The summed E-state index contributed by atoms with van der Waals surface area (Å²) < 4.78 is 1.74. The number of hydrogen-bond acceptors (Lipinski definition) is 4. The van der Waals surface area contributed by atoms with Gasteiger partial charge >= 0.3 is 5.97 Å². The predicted molar refractivity (Wildman–Crippen MR) is 46.5 cm³/mol. The first-order chi connectivity index (χ1) is 6.15. The molecule has 0 aliphatic heterocycles. The first-order valence-electron chi connectivity index (χ1n) is 3.93. The lowest BCUT2D eigenvalue weighted by molar-refractivity contribution is -0.137. The lowest BCUT2D eigenvalue weighted by Crippen LogP contribution is -2.05. The van der Waals surface area contributed by atoms with Gasteiger partial charge in [0.15, 0.2) is 0 Å². The summed E-state index contributed by atoms with van der Waals surface area (Å²) in [6.45, 7) is 0. The minimum absolute atomic E-state index is 0.0791. The first kappa shape index (κ1) is 9.50. The molecule has 0 aromatic carbocycles. The van der Waals surface area contributed by atoms with Crippen molar-refractivity contribution >= 4 is 11.9 Å². The Hall–Kier alpha value is -1.59. The Labute approximate surface area is 75.6 Å². The molecule has 0 spiro atoms. The molecule has 0 saturated carbocycles. The molecule has 6 nitrogen and oxygen atoms in total. The van der Waals surface area contributed by atoms with Crippen molar-refractivity contribution < 1.29 is 9.90 Å². The van der Waals surface area contributed by atoms with Crippen LogP contribution >= 0.6 is 0 Å². The van der Waals surface area contributed by atoms with Crippen LogP contribution < -0.4 is 5.32 Å². The quantitative estimate of drug-likeness (QED) is 0.681. The topological polar surface area (TPSA) is 80.0 Å². The summed E-state index contributed by atoms with van der Waals surface area (Å²) in [5.41, 5.74) is 0. The molecule has 0 radical (unpaired) electrons. The third kappa shape index (κ3) is 2.17. The van der Waals surface area contributed by atoms with Gasteiger partial charge in [-0.3, -0.25) is 4.79 Å². The number of nitrogens with zero attached hydrogens (tertiary/aromatic N) is 3. The smallest absolute Gasteiger partial charge is 0.303 e. The summed E-state index contributed by atoms with van der Waals surface area (Å²) >= 11 is 0. The minimum Gasteiger partial charge on any atom is -0.481 e. The minimum atomic E-state index is -0.825. The van der Waals surface area contributed by atoms with Crippen molar-refractivity contribution in [3.63, 3.8) is 0 Å². The van der Waals surface area contributed by atoms with Crippen LogP contribution in [0.1, 0.15) is 12.2 Å². The Balaban J connectivity index is 2.67. The van der Waals surface area contributed by atoms with Crippen LogP contribution in [0, 0.1) is 0 Å². The summed E-state index contributed by atoms with van der Waals surface area (Å²) in [5.74, 6) is 0.487. The average molecular weight is 184 g/mol. The van der Waals surface area contributed by atoms with Crippen molar-refractivity contribution in [1.82, 2.24) is 14.8 Å². The maximum atomic E-state index is 10.3. The molecule has 0 aliphatic carbocycles. The highest BCUT2D eigenvalue weighted by Crippen LogP contribution is 2.05. The van der Waals surface area contributed by atoms with E-state index >= 15 is 0 Å². The maximum absolute atomic E-state index is 10.3. The second kappa shape index (κ2) is 3.88. The number of aliphatic carboxylic acids is 1. The molecule has 13 heavy (non-hydrogen) atoms. The molecule has 0 atom stereocenters. The summed E-state index contributed by atoms with van der Waals surface area (Å²) in [7, 11) is 3.54. The number of nitrogens with one attached hydrogen (secondary N) is 1. The van der Waals surface area contributed by atoms with E-state index in [9.17, 15) is 4.79 Å². The highest BCUT2D eigenvalue weighted by atomic mass is 16.4. The van der Waals surface area contributed by atoms with Gasteiger partial charge in [-0.25, -0.2) is 0 Å². The summed E-state index contributed by atoms with van der Waals surface area (Å²) in [6, 6.07) is 0. The van der Waals surface area contributed by atoms with Crippen LogP contribution in [0.3, 0.4) is 0 Å². The second-order valence-corrected chi connectivity index (χ2v) is 2.64. The van der Waals surface area contributed by atoms with Gasteiger partial charge in [0.25, 0.3) is 0 Å². The van der Waals surface area contributed by atoms with Gasteiger partial charge in [0.1, 0.15) is 5.82 Å². The number of carbonyl (C=O) groups is 1. The van der Waals surface area contributed by atoms with Crippen LogP contribution in [-0.4, -0.2) is 32.9 Å². The standard InChI is InChI=1S/C7H12N4O2/c1-8-7-10-9-5(11(7)2)3-4-6(12)13/h3-4H2,1-2H3,(H,8,10)(H,12,13). The number of carboxylic acid groups (broad SMARTS) is 1. The Morgan fingerprint density at radius 3 is 2.77 bits per heavy atom. The van der Waals surface area contributed by atoms with Gasteiger partial charge in [-0.2, -0.15) is 0 Å². The zero-order chi connectivity index (χ0) is 9.84. The van der Waals surface area contributed by atoms with Gasteiger partial charge < -0.3 is 15.0 Å². The summed E-state index contributed by atoms with van der Waals surface area (Å²) in [5, 5.41) is 19.0. The number of rotatable bonds is 4. The molecule has 0 unspecified atom stereocenters. The lowest BCUT2D eigenvalue weighted by Gasteiger charge is -2.00. The highest BCUT2D eigenvalue weighted by Gasteiger charge is 2.08. The molecule has 1 aromatic heterocycles. The van der Waals surface area contributed by atoms with Gasteiger partial charge in [-0.1, -0.05) is 0 Å². The Bertz CT molecular complexity index is 307. The van der Waals surface area contributed by atoms with E-state index in [1.54, 1.807) is 18.7 Å². The molecule has 0 bridgehead atoms. The van der Waals surface area contributed by atoms with Crippen LogP contribution in [0.15, 0.2) is 0 Å². The first-order valence-corrected chi connectivity index (χ1v) is 3.93. The molecule has 6 heteroatoms. The fraction of sp³-hybridized carbons (Fsp3) is 0.571. The number of aromatic nitrogens is 3. The largest absolute Gasteiger partial charge is 0.481 e. The monoisotopic (exact) mass is 184 g/mol. The third-order valence-electron chi connectivity index (χ3n) is 1.75. The lowest BCUT2D eigenvalue weighted by atomic mass is 10.3. The van der Waals surface area contributed by atoms with Crippen LogP contribution in [0.4, 0.5) is 5.95 Å². The molecule has 1 aromatic rings. The van der Waals surface area contributed by atoms with Crippen LogP contribution in [0.2, 0.25) is 0 Å². The fourth-order valence-electron chi connectivity index (χ4n) is 1.02. The van der Waals surface area contributed by atoms with Gasteiger partial charge in [-0.15, -0.1) is 10.2 Å². The third-order valence-corrected chi connectivity index (χ3v) is 1.75. The van der Waals surface area contributed by atoms with E-state index in [0.29, 0.717) is 18.2 Å². The fourth-order valence-corrected chi connectivity index (χ4v) is 1.02. The maximum Gasteiger partial charge on any atom is 0.303 e. The van der Waals surface area contributed by atoms with Gasteiger partial charge in [0.2, 0.25) is 5.95 Å². The molecule has 0 amide bonds. The second-order valence-electron chi connectivity index (χ2n) is 2.64. The van der Waals surface area contributed by atoms with E-state index in [1.165, 1.54) is 0 Å². The molecule has 0 fully saturated rings. The van der Waals surface area contributed by atoms with Gasteiger partial charge in [-0.05, 0) is 0 Å². The molecular weight excluding hydrogens is 172 g/mol. The van der Waals surface area contributed by atoms with Gasteiger partial charge in [0, 0.05) is 20.5 Å². The van der Waals surface area contributed by atoms with E-state index in [4.69, 9.17) is 5.11 Å². The van der Waals surface area contributed by atoms with E-state index in [1.807, 2.05) is 0 Å². The highest BCUT2D eigenvalue weighted by molar-refractivity contribution is 5.66. The van der Waals surface area contributed by atoms with Crippen LogP contribution in [0.5, 0.6) is 0 Å². The van der Waals surface area contributed by atoms with Crippen molar-refractivity contribution in [2.45, 2.75) is 12.8 Å². The van der Waals surface area contributed by atoms with Crippen molar-refractivity contribution in [2.75, 3.05) is 12.4 Å². The van der Waals surface area contributed by atoms with Crippen molar-refractivity contribution in [3.05, 3.63) is 5.82 Å². The zero-order valence-electron chi connectivity index (χ0n) is 7.61. The number of aryl methyl sites for hydroxylation is 1. The number of anilines is 1. The van der Waals surface area contributed by atoms with Crippen molar-refractivity contribution in [1.29, 1.82) is 0 Å². The molecule has 0 aliphatic rings. The van der Waals surface area contributed by atoms with E-state index < -0.39 is 5.97 Å². The molecule has 1 rings (SSSR count). The number of hydrogen-bond donors (Lipinski definition) is 2. The average Bonchev–Trinajstić information content (AvgIpc) is 2.43. The van der Waals surface area contributed by atoms with E-state index in [2.05, 4.69) is 15.5 Å². The van der Waals surface area contributed by atoms with E-state index in [0.717, 1.165) is 0 Å².